The van der Waals surface area contributed by atoms with E-state index in [1.165, 1.54) is 10.9 Å². The van der Waals surface area contributed by atoms with E-state index in [4.69, 9.17) is 5.53 Å². The summed E-state index contributed by atoms with van der Waals surface area (Å²) >= 11 is 0. The molecule has 0 saturated heterocycles. The molecule has 1 amide bonds. The van der Waals surface area contributed by atoms with Gasteiger partial charge in [0.25, 0.3) is 5.91 Å². The maximum Gasteiger partial charge on any atom is 0.254 e. The lowest BCUT2D eigenvalue weighted by atomic mass is 10.3. The fraction of sp³-hybridized carbons (Fsp3) is 0.333. The van der Waals surface area contributed by atoms with Crippen LogP contribution in [0.4, 0.5) is 5.82 Å². The fourth-order valence-electron chi connectivity index (χ4n) is 0.985. The summed E-state index contributed by atoms with van der Waals surface area (Å²) in [6, 6.07) is 0. The highest BCUT2D eigenvalue weighted by molar-refractivity contribution is 5.99. The first-order valence-electron chi connectivity index (χ1n) is 3.50. The maximum atomic E-state index is 11.1. The van der Waals surface area contributed by atoms with Gasteiger partial charge >= 0.3 is 0 Å². The van der Waals surface area contributed by atoms with Crippen molar-refractivity contribution in [2.24, 2.45) is 12.2 Å². The molecule has 0 spiro atoms. The predicted octanol–water partition coefficient (Wildman–Crippen LogP) is 0.912. The van der Waals surface area contributed by atoms with Crippen LogP contribution in [0.3, 0.4) is 0 Å². The summed E-state index contributed by atoms with van der Waals surface area (Å²) in [7, 11) is 3.34. The Hall–Kier alpha value is -2.01. The lowest BCUT2D eigenvalue weighted by molar-refractivity contribution is 0.100. The number of carbonyl (C=O) groups excluding carboxylic acids is 1. The van der Waals surface area contributed by atoms with Crippen LogP contribution in [0.1, 0.15) is 10.4 Å². The van der Waals surface area contributed by atoms with E-state index in [0.29, 0.717) is 5.82 Å². The van der Waals surface area contributed by atoms with Gasteiger partial charge in [0.05, 0.1) is 11.8 Å². The van der Waals surface area contributed by atoms with Crippen molar-refractivity contribution in [2.75, 3.05) is 12.4 Å². The van der Waals surface area contributed by atoms with Crippen LogP contribution in [0.2, 0.25) is 0 Å². The third kappa shape index (κ3) is 1.60. The zero-order valence-electron chi connectivity index (χ0n) is 7.22. The molecule has 68 valence electrons. The van der Waals surface area contributed by atoms with Crippen LogP contribution in [-0.2, 0) is 7.05 Å². The largest absolute Gasteiger partial charge is 0.373 e. The Morgan fingerprint density at radius 3 is 3.08 bits per heavy atom. The molecular formula is C6H8N6O. The standard InChI is InChI=1S/C6H8N6O/c1-8-5-4(3-9-12(5)2)6(13)10-11-7/h3,8H,1-2H3. The number of nitrogens with one attached hydrogen (secondary N) is 1. The Morgan fingerprint density at radius 1 is 1.85 bits per heavy atom. The van der Waals surface area contributed by atoms with Crippen molar-refractivity contribution in [3.05, 3.63) is 22.2 Å². The SMILES string of the molecule is CNc1c(C(=O)N=[N+]=[N-])cnn1C. The highest BCUT2D eigenvalue weighted by atomic mass is 16.1. The molecule has 0 atom stereocenters. The molecule has 0 bridgehead atoms. The van der Waals surface area contributed by atoms with Gasteiger partial charge in [-0.25, -0.2) is 0 Å². The number of amides is 1. The zero-order valence-corrected chi connectivity index (χ0v) is 7.22. The molecule has 0 fully saturated rings. The van der Waals surface area contributed by atoms with Gasteiger partial charge in [-0.15, -0.1) is 0 Å². The molecule has 1 aromatic heterocycles. The summed E-state index contributed by atoms with van der Waals surface area (Å²) in [5.41, 5.74) is 8.32. The van der Waals surface area contributed by atoms with Gasteiger partial charge in [0.15, 0.2) is 0 Å². The molecule has 1 rings (SSSR count). The van der Waals surface area contributed by atoms with Gasteiger partial charge in [0.2, 0.25) is 0 Å². The smallest absolute Gasteiger partial charge is 0.254 e. The number of rotatable bonds is 2. The third-order valence-corrected chi connectivity index (χ3v) is 1.54. The van der Waals surface area contributed by atoms with Gasteiger partial charge in [-0.05, 0) is 10.6 Å². The van der Waals surface area contributed by atoms with E-state index >= 15 is 0 Å². The first-order valence-corrected chi connectivity index (χ1v) is 3.50. The van der Waals surface area contributed by atoms with Crippen molar-refractivity contribution in [1.29, 1.82) is 0 Å². The Bertz CT molecular complexity index is 374. The quantitative estimate of drug-likeness (QED) is 0.416. The van der Waals surface area contributed by atoms with Crippen molar-refractivity contribution in [3.63, 3.8) is 0 Å². The monoisotopic (exact) mass is 180 g/mol. The van der Waals surface area contributed by atoms with Crippen LogP contribution in [0.5, 0.6) is 0 Å². The number of azide groups is 1. The van der Waals surface area contributed by atoms with E-state index in [-0.39, 0.29) is 5.56 Å². The highest BCUT2D eigenvalue weighted by Gasteiger charge is 2.12. The lowest BCUT2D eigenvalue weighted by Crippen LogP contribution is -2.03. The number of hydrogen-bond acceptors (Lipinski definition) is 3. The summed E-state index contributed by atoms with van der Waals surface area (Å²) in [4.78, 5) is 13.5. The molecule has 0 aliphatic rings. The van der Waals surface area contributed by atoms with E-state index in [1.807, 2.05) is 0 Å². The van der Waals surface area contributed by atoms with E-state index in [1.54, 1.807) is 14.1 Å². The van der Waals surface area contributed by atoms with Gasteiger partial charge < -0.3 is 5.32 Å². The van der Waals surface area contributed by atoms with Crippen molar-refractivity contribution >= 4 is 11.7 Å². The Labute approximate surface area is 74.0 Å². The van der Waals surface area contributed by atoms with Gasteiger partial charge in [-0.1, -0.05) is 0 Å². The topological polar surface area (TPSA) is 95.7 Å². The zero-order chi connectivity index (χ0) is 9.84. The number of aryl methyl sites for hydroxylation is 1. The third-order valence-electron chi connectivity index (χ3n) is 1.54. The molecule has 0 aliphatic heterocycles. The van der Waals surface area contributed by atoms with E-state index < -0.39 is 5.91 Å². The van der Waals surface area contributed by atoms with Crippen molar-refractivity contribution in [1.82, 2.24) is 9.78 Å². The van der Waals surface area contributed by atoms with E-state index in [2.05, 4.69) is 20.4 Å². The molecule has 7 heteroatoms. The second-order valence-corrected chi connectivity index (χ2v) is 2.28. The highest BCUT2D eigenvalue weighted by Crippen LogP contribution is 2.13. The van der Waals surface area contributed by atoms with Crippen LogP contribution < -0.4 is 5.32 Å². The first kappa shape index (κ1) is 9.08. The molecule has 0 unspecified atom stereocenters. The maximum absolute atomic E-state index is 11.1. The summed E-state index contributed by atoms with van der Waals surface area (Å²) in [5.74, 6) is -0.114. The van der Waals surface area contributed by atoms with Crippen molar-refractivity contribution in [2.45, 2.75) is 0 Å². The minimum Gasteiger partial charge on any atom is -0.373 e. The Balaban J connectivity index is 3.14. The first-order chi connectivity index (χ1) is 6.20. The molecule has 0 aliphatic carbocycles. The minimum atomic E-state index is -0.639. The van der Waals surface area contributed by atoms with Gasteiger partial charge in [0, 0.05) is 19.0 Å². The van der Waals surface area contributed by atoms with Crippen LogP contribution in [-0.4, -0.2) is 22.7 Å². The van der Waals surface area contributed by atoms with E-state index in [0.717, 1.165) is 0 Å². The van der Waals surface area contributed by atoms with Crippen LogP contribution >= 0.6 is 0 Å². The van der Waals surface area contributed by atoms with Crippen molar-refractivity contribution in [3.8, 4) is 0 Å². The minimum absolute atomic E-state index is 0.266. The van der Waals surface area contributed by atoms with Gasteiger partial charge in [-0.3, -0.25) is 9.48 Å². The second-order valence-electron chi connectivity index (χ2n) is 2.28. The number of hydrogen-bond donors (Lipinski definition) is 1. The number of aromatic nitrogens is 2. The lowest BCUT2D eigenvalue weighted by Gasteiger charge is -2.00. The van der Waals surface area contributed by atoms with Crippen LogP contribution in [0.15, 0.2) is 11.3 Å². The number of carbonyl (C=O) groups is 1. The summed E-state index contributed by atoms with van der Waals surface area (Å²) in [6.45, 7) is 0. The molecular weight excluding hydrogens is 172 g/mol. The van der Waals surface area contributed by atoms with Crippen LogP contribution in [0.25, 0.3) is 10.4 Å². The van der Waals surface area contributed by atoms with Gasteiger partial charge in [-0.2, -0.15) is 5.10 Å². The average molecular weight is 180 g/mol. The summed E-state index contributed by atoms with van der Waals surface area (Å²) < 4.78 is 1.49. The predicted molar refractivity (Wildman–Crippen MR) is 46.2 cm³/mol. The molecule has 1 aromatic rings. The molecule has 0 saturated carbocycles. The normalized spacial score (nSPS) is 9.08. The number of anilines is 1. The molecule has 13 heavy (non-hydrogen) atoms. The van der Waals surface area contributed by atoms with Gasteiger partial charge in [0.1, 0.15) is 5.82 Å². The number of nitrogens with zero attached hydrogens (tertiary/aromatic N) is 5. The second kappa shape index (κ2) is 3.59. The molecule has 1 heterocycles. The Kier molecular flexibility index (Phi) is 2.51. The summed E-state index contributed by atoms with van der Waals surface area (Å²) in [5, 5.41) is 9.59. The van der Waals surface area contributed by atoms with Crippen LogP contribution in [0, 0.1) is 0 Å². The molecule has 0 aromatic carbocycles. The van der Waals surface area contributed by atoms with E-state index in [9.17, 15) is 4.79 Å². The average Bonchev–Trinajstić information content (AvgIpc) is 2.47. The Morgan fingerprint density at radius 2 is 2.54 bits per heavy atom. The van der Waals surface area contributed by atoms with Crippen molar-refractivity contribution < 1.29 is 4.79 Å². The molecule has 0 radical (unpaired) electrons. The molecule has 1 N–H and O–H groups in total. The molecule has 7 nitrogen and oxygen atoms in total. The fourth-order valence-corrected chi connectivity index (χ4v) is 0.985. The summed E-state index contributed by atoms with van der Waals surface area (Å²) in [6.07, 6.45) is 1.35.